The molecule has 0 rings (SSSR count). The Morgan fingerprint density at radius 2 is 0.757 bits per heavy atom. The van der Waals surface area contributed by atoms with Crippen molar-refractivity contribution in [1.29, 1.82) is 0 Å². The van der Waals surface area contributed by atoms with E-state index in [1.54, 1.807) is 21.3 Å². The van der Waals surface area contributed by atoms with Crippen molar-refractivity contribution < 1.29 is 35.4 Å². The molecule has 0 aromatic heterocycles. The predicted molar refractivity (Wildman–Crippen MR) is 158 cm³/mol. The molecule has 11 nitrogen and oxygen atoms in total. The van der Waals surface area contributed by atoms with Crippen molar-refractivity contribution >= 4 is 26.2 Å². The highest BCUT2D eigenvalue weighted by molar-refractivity contribution is 6.66. The van der Waals surface area contributed by atoms with E-state index in [1.807, 2.05) is 34.6 Å². The SMILES string of the molecule is CCO[Si](C)(CCCN)OCC.CCO[Si](CCCN)(OCC)OCC.CO[Si](CCCN)(OC)OC. The second-order valence-electron chi connectivity index (χ2n) is 7.95. The molecule has 0 atom stereocenters. The zero-order chi connectivity index (χ0) is 29.1. The standard InChI is InChI=1S/C9H23NO3Si.C8H21NO2Si.C6H17NO3Si/c1-4-11-14(12-5-2,13-6-3)9-7-8-10;1-4-10-12(3,11-5-2)8-6-7-9;1-8-11(9-2,10-3)6-4-5-7/h4-10H2,1-3H3;4-9H2,1-3H3;4-7H2,1-3H3. The number of hydrogen-bond acceptors (Lipinski definition) is 11. The van der Waals surface area contributed by atoms with E-state index in [0.29, 0.717) is 32.9 Å². The van der Waals surface area contributed by atoms with Crippen LogP contribution >= 0.6 is 0 Å². The maximum absolute atomic E-state index is 5.65. The van der Waals surface area contributed by atoms with Gasteiger partial charge in [-0.2, -0.15) is 0 Å². The Morgan fingerprint density at radius 1 is 0.459 bits per heavy atom. The molecule has 0 bridgehead atoms. The van der Waals surface area contributed by atoms with Crippen LogP contribution in [0.3, 0.4) is 0 Å². The third-order valence-electron chi connectivity index (χ3n) is 5.13. The van der Waals surface area contributed by atoms with Crippen molar-refractivity contribution in [2.75, 3.05) is 74.0 Å². The van der Waals surface area contributed by atoms with Crippen LogP contribution in [0.5, 0.6) is 0 Å². The van der Waals surface area contributed by atoms with Gasteiger partial charge in [0.2, 0.25) is 0 Å². The Kier molecular flexibility index (Phi) is 31.3. The molecule has 0 saturated carbocycles. The summed E-state index contributed by atoms with van der Waals surface area (Å²) in [4.78, 5) is 0. The monoisotopic (exact) mass is 591 g/mol. The molecular weight excluding hydrogens is 531 g/mol. The minimum atomic E-state index is -2.40. The lowest BCUT2D eigenvalue weighted by Gasteiger charge is -2.28. The summed E-state index contributed by atoms with van der Waals surface area (Å²) in [7, 11) is -1.74. The number of nitrogens with two attached hydrogens (primary N) is 3. The minimum Gasteiger partial charge on any atom is -0.395 e. The van der Waals surface area contributed by atoms with Crippen LogP contribution in [-0.2, 0) is 35.4 Å². The van der Waals surface area contributed by atoms with Gasteiger partial charge in [0, 0.05) is 66.5 Å². The van der Waals surface area contributed by atoms with Crippen molar-refractivity contribution in [1.82, 2.24) is 0 Å². The maximum Gasteiger partial charge on any atom is 0.500 e. The molecule has 14 heteroatoms. The van der Waals surface area contributed by atoms with Crippen molar-refractivity contribution in [3.63, 3.8) is 0 Å². The Labute approximate surface area is 231 Å². The van der Waals surface area contributed by atoms with Crippen LogP contribution in [-0.4, -0.2) is 100 Å². The molecule has 0 aliphatic rings. The normalized spacial score (nSPS) is 12.0. The van der Waals surface area contributed by atoms with Gasteiger partial charge >= 0.3 is 26.2 Å². The lowest BCUT2D eigenvalue weighted by atomic mass is 10.5. The molecule has 0 heterocycles. The summed E-state index contributed by atoms with van der Waals surface area (Å²) in [6, 6.07) is 2.61. The van der Waals surface area contributed by atoms with Gasteiger partial charge < -0.3 is 52.6 Å². The van der Waals surface area contributed by atoms with Crippen molar-refractivity contribution in [2.24, 2.45) is 17.2 Å². The molecule has 37 heavy (non-hydrogen) atoms. The van der Waals surface area contributed by atoms with E-state index < -0.39 is 26.2 Å². The van der Waals surface area contributed by atoms with Gasteiger partial charge in [-0.3, -0.25) is 0 Å². The van der Waals surface area contributed by atoms with Gasteiger partial charge in [-0.05, 0) is 86.1 Å². The fourth-order valence-electron chi connectivity index (χ4n) is 3.41. The van der Waals surface area contributed by atoms with Gasteiger partial charge in [-0.15, -0.1) is 0 Å². The average Bonchev–Trinajstić information content (AvgIpc) is 2.89. The van der Waals surface area contributed by atoms with Gasteiger partial charge in [0.05, 0.1) is 0 Å². The number of hydrogen-bond donors (Lipinski definition) is 3. The first kappa shape index (κ1) is 41.7. The summed E-state index contributed by atoms with van der Waals surface area (Å²) in [5.41, 5.74) is 16.3. The molecule has 0 radical (unpaired) electrons. The Balaban J connectivity index is -0.000000473. The summed E-state index contributed by atoms with van der Waals surface area (Å²) in [6.07, 6.45) is 2.77. The largest absolute Gasteiger partial charge is 0.500 e. The van der Waals surface area contributed by atoms with Crippen LogP contribution in [0, 0.1) is 0 Å². The van der Waals surface area contributed by atoms with E-state index in [-0.39, 0.29) is 0 Å². The average molecular weight is 592 g/mol. The highest BCUT2D eigenvalue weighted by atomic mass is 28.4. The van der Waals surface area contributed by atoms with E-state index in [2.05, 4.69) is 6.55 Å². The molecule has 0 aliphatic carbocycles. The second kappa shape index (κ2) is 27.8. The third kappa shape index (κ3) is 21.7. The van der Waals surface area contributed by atoms with Crippen molar-refractivity contribution in [2.45, 2.75) is 78.6 Å². The van der Waals surface area contributed by atoms with E-state index in [1.165, 1.54) is 0 Å². The van der Waals surface area contributed by atoms with Crippen molar-refractivity contribution in [3.8, 4) is 0 Å². The number of rotatable bonds is 22. The molecule has 0 aromatic carbocycles. The third-order valence-corrected chi connectivity index (χ3v) is 14.2. The van der Waals surface area contributed by atoms with Crippen LogP contribution in [0.1, 0.15) is 53.9 Å². The smallest absolute Gasteiger partial charge is 0.395 e. The first-order valence-corrected chi connectivity index (χ1v) is 20.0. The van der Waals surface area contributed by atoms with Gasteiger partial charge in [0.25, 0.3) is 0 Å². The van der Waals surface area contributed by atoms with Crippen molar-refractivity contribution in [3.05, 3.63) is 0 Å². The lowest BCUT2D eigenvalue weighted by Crippen LogP contribution is -2.46. The summed E-state index contributed by atoms with van der Waals surface area (Å²) in [6.45, 7) is 17.4. The van der Waals surface area contributed by atoms with Gasteiger partial charge in [-0.1, -0.05) is 0 Å². The first-order chi connectivity index (χ1) is 17.7. The quantitative estimate of drug-likeness (QED) is 0.159. The zero-order valence-corrected chi connectivity index (χ0v) is 28.4. The Morgan fingerprint density at radius 3 is 1.03 bits per heavy atom. The van der Waals surface area contributed by atoms with E-state index >= 15 is 0 Å². The molecule has 0 amide bonds. The molecule has 228 valence electrons. The van der Waals surface area contributed by atoms with Crippen LogP contribution < -0.4 is 17.2 Å². The maximum atomic E-state index is 5.65. The first-order valence-electron chi connectivity index (χ1n) is 13.6. The van der Waals surface area contributed by atoms with Crippen LogP contribution in [0.25, 0.3) is 0 Å². The van der Waals surface area contributed by atoms with E-state index in [0.717, 1.165) is 57.2 Å². The lowest BCUT2D eigenvalue weighted by molar-refractivity contribution is 0.0709. The molecule has 0 unspecified atom stereocenters. The molecule has 6 N–H and O–H groups in total. The van der Waals surface area contributed by atoms with Gasteiger partial charge in [0.1, 0.15) is 0 Å². The van der Waals surface area contributed by atoms with Crippen LogP contribution in [0.15, 0.2) is 0 Å². The molecule has 0 saturated heterocycles. The molecule has 0 aliphatic heterocycles. The van der Waals surface area contributed by atoms with Gasteiger partial charge in [0.15, 0.2) is 0 Å². The highest BCUT2D eigenvalue weighted by Gasteiger charge is 2.39. The summed E-state index contributed by atoms with van der Waals surface area (Å²) >= 11 is 0. The predicted octanol–water partition coefficient (Wildman–Crippen LogP) is 3.08. The van der Waals surface area contributed by atoms with E-state index in [4.69, 9.17) is 52.6 Å². The fraction of sp³-hybridized carbons (Fsp3) is 1.00. The Bertz CT molecular complexity index is 440. The molecular formula is C23H61N3O8Si3. The van der Waals surface area contributed by atoms with Crippen LogP contribution in [0.4, 0.5) is 0 Å². The molecule has 0 spiro atoms. The van der Waals surface area contributed by atoms with Gasteiger partial charge in [-0.25, -0.2) is 0 Å². The minimum absolute atomic E-state index is 0.636. The summed E-state index contributed by atoms with van der Waals surface area (Å²) in [5.74, 6) is 0. The summed E-state index contributed by atoms with van der Waals surface area (Å²) < 4.78 is 43.8. The topological polar surface area (TPSA) is 152 Å². The molecule has 0 aromatic rings. The highest BCUT2D eigenvalue weighted by Crippen LogP contribution is 2.17. The second-order valence-corrected chi connectivity index (χ2v) is 17.1. The Hall–Kier alpha value is 0.211. The van der Waals surface area contributed by atoms with E-state index in [9.17, 15) is 0 Å². The fourth-order valence-corrected chi connectivity index (χ4v) is 10.2. The summed E-state index contributed by atoms with van der Waals surface area (Å²) in [5, 5.41) is 0. The zero-order valence-electron chi connectivity index (χ0n) is 25.4. The van der Waals surface area contributed by atoms with Crippen LogP contribution in [0.2, 0.25) is 24.7 Å². The molecule has 0 fully saturated rings.